The maximum atomic E-state index is 12.3. The van der Waals surface area contributed by atoms with Crippen LogP contribution in [0.25, 0.3) is 0 Å². The first-order valence-corrected chi connectivity index (χ1v) is 8.13. The number of hydrogen-bond acceptors (Lipinski definition) is 3. The predicted octanol–water partition coefficient (Wildman–Crippen LogP) is 0.750. The summed E-state index contributed by atoms with van der Waals surface area (Å²) in [6.45, 7) is 6.93. The topological polar surface area (TPSA) is 52.7 Å². The summed E-state index contributed by atoms with van der Waals surface area (Å²) >= 11 is 0. The zero-order chi connectivity index (χ0) is 13.8. The Balaban J connectivity index is 2.55. The molecule has 0 amide bonds. The van der Waals surface area contributed by atoms with E-state index in [1.54, 1.807) is 11.4 Å². The molecule has 1 rings (SSSR count). The average Bonchev–Trinajstić information content (AvgIpc) is 2.29. The summed E-state index contributed by atoms with van der Waals surface area (Å²) in [6.07, 6.45) is 1.91. The highest BCUT2D eigenvalue weighted by molar-refractivity contribution is 7.86. The van der Waals surface area contributed by atoms with Gasteiger partial charge in [0, 0.05) is 26.7 Å². The average molecular weight is 277 g/mol. The molecule has 108 valence electrons. The van der Waals surface area contributed by atoms with Gasteiger partial charge in [-0.25, -0.2) is 0 Å². The fourth-order valence-electron chi connectivity index (χ4n) is 2.44. The summed E-state index contributed by atoms with van der Waals surface area (Å²) in [4.78, 5) is 0. The summed E-state index contributed by atoms with van der Waals surface area (Å²) in [5.74, 6) is 0.962. The van der Waals surface area contributed by atoms with Crippen LogP contribution >= 0.6 is 0 Å². The fourth-order valence-corrected chi connectivity index (χ4v) is 3.99. The predicted molar refractivity (Wildman–Crippen MR) is 74.6 cm³/mol. The van der Waals surface area contributed by atoms with E-state index < -0.39 is 10.2 Å². The van der Waals surface area contributed by atoms with Crippen molar-refractivity contribution in [2.75, 3.05) is 40.3 Å². The molecule has 5 nitrogen and oxygen atoms in total. The molecule has 0 spiro atoms. The summed E-state index contributed by atoms with van der Waals surface area (Å²) in [5.41, 5.74) is 0. The summed E-state index contributed by atoms with van der Waals surface area (Å²) < 4.78 is 27.8. The highest BCUT2D eigenvalue weighted by atomic mass is 32.2. The lowest BCUT2D eigenvalue weighted by Crippen LogP contribution is -2.47. The van der Waals surface area contributed by atoms with Gasteiger partial charge in [-0.05, 0) is 38.3 Å². The molecule has 0 aromatic carbocycles. The Morgan fingerprint density at radius 1 is 1.33 bits per heavy atom. The SMILES string of the molecule is CNCC1CCN(S(=O)(=O)N(C)CC(C)C)CC1. The van der Waals surface area contributed by atoms with E-state index in [2.05, 4.69) is 5.32 Å². The molecule has 6 heteroatoms. The molecule has 1 aliphatic rings. The molecule has 0 aromatic rings. The van der Waals surface area contributed by atoms with E-state index in [4.69, 9.17) is 0 Å². The number of hydrogen-bond donors (Lipinski definition) is 1. The minimum Gasteiger partial charge on any atom is -0.319 e. The van der Waals surface area contributed by atoms with Crippen LogP contribution in [0, 0.1) is 11.8 Å². The molecule has 0 atom stereocenters. The standard InChI is InChI=1S/C12H27N3O2S/c1-11(2)10-14(4)18(16,17)15-7-5-12(6-8-15)9-13-3/h11-13H,5-10H2,1-4H3. The van der Waals surface area contributed by atoms with Gasteiger partial charge < -0.3 is 5.32 Å². The molecule has 0 bridgehead atoms. The van der Waals surface area contributed by atoms with Gasteiger partial charge in [-0.15, -0.1) is 0 Å². The molecular weight excluding hydrogens is 250 g/mol. The van der Waals surface area contributed by atoms with Crippen molar-refractivity contribution in [1.29, 1.82) is 0 Å². The zero-order valence-corrected chi connectivity index (χ0v) is 12.8. The molecule has 0 aromatic heterocycles. The van der Waals surface area contributed by atoms with Gasteiger partial charge in [-0.3, -0.25) is 0 Å². The number of nitrogens with zero attached hydrogens (tertiary/aromatic N) is 2. The first-order chi connectivity index (χ1) is 8.37. The molecule has 0 aliphatic carbocycles. The van der Waals surface area contributed by atoms with Gasteiger partial charge in [0.2, 0.25) is 0 Å². The van der Waals surface area contributed by atoms with Crippen LogP contribution in [-0.2, 0) is 10.2 Å². The van der Waals surface area contributed by atoms with E-state index in [0.29, 0.717) is 31.5 Å². The van der Waals surface area contributed by atoms with Crippen LogP contribution in [-0.4, -0.2) is 57.3 Å². The molecule has 18 heavy (non-hydrogen) atoms. The molecular formula is C12H27N3O2S. The van der Waals surface area contributed by atoms with Crippen molar-refractivity contribution in [3.05, 3.63) is 0 Å². The van der Waals surface area contributed by atoms with Gasteiger partial charge in [-0.2, -0.15) is 17.0 Å². The largest absolute Gasteiger partial charge is 0.319 e. The van der Waals surface area contributed by atoms with E-state index in [-0.39, 0.29) is 0 Å². The van der Waals surface area contributed by atoms with Crippen LogP contribution in [0.3, 0.4) is 0 Å². The Labute approximate surface area is 112 Å². The van der Waals surface area contributed by atoms with Crippen LogP contribution < -0.4 is 5.32 Å². The second-order valence-electron chi connectivity index (χ2n) is 5.58. The lowest BCUT2D eigenvalue weighted by molar-refractivity contribution is 0.253. The first-order valence-electron chi connectivity index (χ1n) is 6.74. The van der Waals surface area contributed by atoms with E-state index >= 15 is 0 Å². The maximum Gasteiger partial charge on any atom is 0.281 e. The lowest BCUT2D eigenvalue weighted by Gasteiger charge is -2.34. The van der Waals surface area contributed by atoms with Crippen LogP contribution in [0.2, 0.25) is 0 Å². The second-order valence-corrected chi connectivity index (χ2v) is 7.62. The molecule has 1 heterocycles. The van der Waals surface area contributed by atoms with Crippen molar-refractivity contribution >= 4 is 10.2 Å². The normalized spacial score (nSPS) is 19.9. The van der Waals surface area contributed by atoms with Gasteiger partial charge in [0.25, 0.3) is 10.2 Å². The Morgan fingerprint density at radius 2 is 1.89 bits per heavy atom. The molecule has 1 fully saturated rings. The van der Waals surface area contributed by atoms with E-state index in [1.807, 2.05) is 20.9 Å². The van der Waals surface area contributed by atoms with Gasteiger partial charge in [0.05, 0.1) is 0 Å². The van der Waals surface area contributed by atoms with Crippen LogP contribution in [0.5, 0.6) is 0 Å². The van der Waals surface area contributed by atoms with Crippen LogP contribution in [0.1, 0.15) is 26.7 Å². The van der Waals surface area contributed by atoms with Crippen molar-refractivity contribution < 1.29 is 8.42 Å². The summed E-state index contributed by atoms with van der Waals surface area (Å²) in [6, 6.07) is 0. The molecule has 0 unspecified atom stereocenters. The minimum absolute atomic E-state index is 0.353. The van der Waals surface area contributed by atoms with Crippen molar-refractivity contribution in [3.8, 4) is 0 Å². The van der Waals surface area contributed by atoms with Gasteiger partial charge >= 0.3 is 0 Å². The third-order valence-electron chi connectivity index (χ3n) is 3.41. The van der Waals surface area contributed by atoms with Gasteiger partial charge in [-0.1, -0.05) is 13.8 Å². The Kier molecular flexibility index (Phi) is 6.04. The Bertz CT molecular complexity index is 335. The van der Waals surface area contributed by atoms with Crippen LogP contribution in [0.4, 0.5) is 0 Å². The second kappa shape index (κ2) is 6.84. The molecule has 1 aliphatic heterocycles. The highest BCUT2D eigenvalue weighted by Crippen LogP contribution is 2.20. The molecule has 1 N–H and O–H groups in total. The number of nitrogens with one attached hydrogen (secondary N) is 1. The van der Waals surface area contributed by atoms with Crippen molar-refractivity contribution in [1.82, 2.24) is 13.9 Å². The van der Waals surface area contributed by atoms with E-state index in [1.165, 1.54) is 4.31 Å². The van der Waals surface area contributed by atoms with E-state index in [9.17, 15) is 8.42 Å². The molecule has 0 saturated carbocycles. The first kappa shape index (κ1) is 15.9. The summed E-state index contributed by atoms with van der Waals surface area (Å²) in [5, 5.41) is 3.16. The molecule has 1 saturated heterocycles. The monoisotopic (exact) mass is 277 g/mol. The third kappa shape index (κ3) is 4.19. The third-order valence-corrected chi connectivity index (χ3v) is 5.36. The maximum absolute atomic E-state index is 12.3. The number of rotatable bonds is 6. The number of piperidine rings is 1. The Hall–Kier alpha value is -0.170. The smallest absolute Gasteiger partial charge is 0.281 e. The zero-order valence-electron chi connectivity index (χ0n) is 12.0. The summed E-state index contributed by atoms with van der Waals surface area (Å²) in [7, 11) is 0.370. The van der Waals surface area contributed by atoms with Gasteiger partial charge in [0.15, 0.2) is 0 Å². The minimum atomic E-state index is -3.25. The molecule has 0 radical (unpaired) electrons. The lowest BCUT2D eigenvalue weighted by atomic mass is 9.98. The van der Waals surface area contributed by atoms with Crippen molar-refractivity contribution in [3.63, 3.8) is 0 Å². The Morgan fingerprint density at radius 3 is 2.33 bits per heavy atom. The van der Waals surface area contributed by atoms with Crippen LogP contribution in [0.15, 0.2) is 0 Å². The van der Waals surface area contributed by atoms with E-state index in [0.717, 1.165) is 19.4 Å². The highest BCUT2D eigenvalue weighted by Gasteiger charge is 2.30. The van der Waals surface area contributed by atoms with Crippen molar-refractivity contribution in [2.24, 2.45) is 11.8 Å². The quantitative estimate of drug-likeness (QED) is 0.779. The fraction of sp³-hybridized carbons (Fsp3) is 1.00. The van der Waals surface area contributed by atoms with Crippen molar-refractivity contribution in [2.45, 2.75) is 26.7 Å². The van der Waals surface area contributed by atoms with Gasteiger partial charge in [0.1, 0.15) is 0 Å².